The van der Waals surface area contributed by atoms with E-state index in [9.17, 15) is 9.50 Å². The van der Waals surface area contributed by atoms with E-state index < -0.39 is 6.10 Å². The van der Waals surface area contributed by atoms with Crippen LogP contribution in [0.2, 0.25) is 0 Å². The molecule has 0 saturated carbocycles. The molecule has 2 aromatic carbocycles. The first-order chi connectivity index (χ1) is 9.18. The van der Waals surface area contributed by atoms with Gasteiger partial charge < -0.3 is 10.0 Å². The SMILES string of the molecule is C[C@@H](O)c1c(F)cccc1N1CCc2ccccc21. The van der Waals surface area contributed by atoms with Crippen LogP contribution in [0.25, 0.3) is 0 Å². The monoisotopic (exact) mass is 257 g/mol. The van der Waals surface area contributed by atoms with Gasteiger partial charge >= 0.3 is 0 Å². The average Bonchev–Trinajstić information content (AvgIpc) is 2.81. The Morgan fingerprint density at radius 3 is 2.63 bits per heavy atom. The fourth-order valence-electron chi connectivity index (χ4n) is 2.76. The summed E-state index contributed by atoms with van der Waals surface area (Å²) in [4.78, 5) is 2.08. The third kappa shape index (κ3) is 2.00. The molecular weight excluding hydrogens is 241 g/mol. The van der Waals surface area contributed by atoms with E-state index in [1.807, 2.05) is 24.3 Å². The Kier molecular flexibility index (Phi) is 2.99. The molecule has 19 heavy (non-hydrogen) atoms. The van der Waals surface area contributed by atoms with Crippen LogP contribution in [-0.4, -0.2) is 11.7 Å². The third-order valence-electron chi connectivity index (χ3n) is 3.63. The number of benzene rings is 2. The molecule has 3 rings (SSSR count). The predicted molar refractivity (Wildman–Crippen MR) is 74.2 cm³/mol. The Morgan fingerprint density at radius 2 is 1.84 bits per heavy atom. The summed E-state index contributed by atoms with van der Waals surface area (Å²) >= 11 is 0. The van der Waals surface area contributed by atoms with E-state index >= 15 is 0 Å². The quantitative estimate of drug-likeness (QED) is 0.889. The van der Waals surface area contributed by atoms with E-state index in [2.05, 4.69) is 11.0 Å². The standard InChI is InChI=1S/C16H16FNO/c1-11(19)16-13(17)6-4-8-15(16)18-10-9-12-5-2-3-7-14(12)18/h2-8,11,19H,9-10H2,1H3/t11-/m1/s1. The number of halogens is 1. The largest absolute Gasteiger partial charge is 0.389 e. The minimum absolute atomic E-state index is 0.350. The highest BCUT2D eigenvalue weighted by Gasteiger charge is 2.24. The topological polar surface area (TPSA) is 23.5 Å². The van der Waals surface area contributed by atoms with Crippen molar-refractivity contribution < 1.29 is 9.50 Å². The Balaban J connectivity index is 2.12. The summed E-state index contributed by atoms with van der Waals surface area (Å²) in [5.41, 5.74) is 3.51. The van der Waals surface area contributed by atoms with Crippen molar-refractivity contribution in [2.45, 2.75) is 19.4 Å². The van der Waals surface area contributed by atoms with Crippen molar-refractivity contribution in [1.82, 2.24) is 0 Å². The molecule has 0 radical (unpaired) electrons. The van der Waals surface area contributed by atoms with Gasteiger partial charge in [0.1, 0.15) is 5.82 Å². The number of rotatable bonds is 2. The molecule has 0 saturated heterocycles. The number of hydrogen-bond donors (Lipinski definition) is 1. The third-order valence-corrected chi connectivity index (χ3v) is 3.63. The summed E-state index contributed by atoms with van der Waals surface area (Å²) < 4.78 is 13.9. The van der Waals surface area contributed by atoms with Gasteiger partial charge in [-0.3, -0.25) is 0 Å². The van der Waals surface area contributed by atoms with Crippen molar-refractivity contribution in [1.29, 1.82) is 0 Å². The first-order valence-corrected chi connectivity index (χ1v) is 6.50. The van der Waals surface area contributed by atoms with Crippen LogP contribution in [0.3, 0.4) is 0 Å². The van der Waals surface area contributed by atoms with Crippen LogP contribution in [0, 0.1) is 5.82 Å². The first-order valence-electron chi connectivity index (χ1n) is 6.50. The summed E-state index contributed by atoms with van der Waals surface area (Å²) in [6.07, 6.45) is 0.135. The smallest absolute Gasteiger partial charge is 0.131 e. The molecule has 0 aromatic heterocycles. The maximum Gasteiger partial charge on any atom is 0.131 e. The Bertz CT molecular complexity index is 609. The lowest BCUT2D eigenvalue weighted by Gasteiger charge is -2.24. The van der Waals surface area contributed by atoms with Gasteiger partial charge in [-0.2, -0.15) is 0 Å². The van der Waals surface area contributed by atoms with Crippen LogP contribution in [0.4, 0.5) is 15.8 Å². The summed E-state index contributed by atoms with van der Waals surface area (Å²) in [7, 11) is 0. The van der Waals surface area contributed by atoms with Gasteiger partial charge in [-0.05, 0) is 37.1 Å². The van der Waals surface area contributed by atoms with E-state index in [1.165, 1.54) is 11.6 Å². The normalized spacial score (nSPS) is 15.4. The van der Waals surface area contributed by atoms with Crippen molar-refractivity contribution in [3.05, 3.63) is 59.4 Å². The summed E-state index contributed by atoms with van der Waals surface area (Å²) in [6, 6.07) is 13.1. The van der Waals surface area contributed by atoms with Crippen molar-refractivity contribution in [2.75, 3.05) is 11.4 Å². The molecule has 1 heterocycles. The predicted octanol–water partition coefficient (Wildman–Crippen LogP) is 3.57. The molecule has 0 unspecified atom stereocenters. The van der Waals surface area contributed by atoms with E-state index in [-0.39, 0.29) is 5.82 Å². The zero-order valence-corrected chi connectivity index (χ0v) is 10.8. The van der Waals surface area contributed by atoms with Crippen LogP contribution in [0.5, 0.6) is 0 Å². The second kappa shape index (κ2) is 4.67. The van der Waals surface area contributed by atoms with Crippen LogP contribution in [0.15, 0.2) is 42.5 Å². The van der Waals surface area contributed by atoms with Crippen LogP contribution >= 0.6 is 0 Å². The second-order valence-electron chi connectivity index (χ2n) is 4.88. The average molecular weight is 257 g/mol. The van der Waals surface area contributed by atoms with Gasteiger partial charge in [0.2, 0.25) is 0 Å². The highest BCUT2D eigenvalue weighted by atomic mass is 19.1. The van der Waals surface area contributed by atoms with Gasteiger partial charge in [0.05, 0.1) is 6.10 Å². The molecule has 1 aliphatic rings. The molecule has 1 N–H and O–H groups in total. The summed E-state index contributed by atoms with van der Waals surface area (Å²) in [5, 5.41) is 9.83. The molecule has 3 heteroatoms. The van der Waals surface area contributed by atoms with Crippen molar-refractivity contribution >= 4 is 11.4 Å². The maximum absolute atomic E-state index is 13.9. The lowest BCUT2D eigenvalue weighted by atomic mass is 10.1. The van der Waals surface area contributed by atoms with Gasteiger partial charge in [-0.15, -0.1) is 0 Å². The van der Waals surface area contributed by atoms with E-state index in [0.717, 1.165) is 24.3 Å². The van der Waals surface area contributed by atoms with Crippen LogP contribution in [0.1, 0.15) is 24.2 Å². The van der Waals surface area contributed by atoms with Crippen molar-refractivity contribution in [2.24, 2.45) is 0 Å². The molecule has 2 nitrogen and oxygen atoms in total. The number of nitrogens with zero attached hydrogens (tertiary/aromatic N) is 1. The number of aliphatic hydroxyl groups is 1. The highest BCUT2D eigenvalue weighted by molar-refractivity contribution is 5.72. The molecule has 1 aliphatic heterocycles. The molecular formula is C16H16FNO. The zero-order valence-electron chi connectivity index (χ0n) is 10.8. The minimum atomic E-state index is -0.816. The fourth-order valence-corrected chi connectivity index (χ4v) is 2.76. The number of aliphatic hydroxyl groups excluding tert-OH is 1. The van der Waals surface area contributed by atoms with Crippen molar-refractivity contribution in [3.8, 4) is 0 Å². The zero-order chi connectivity index (χ0) is 13.4. The van der Waals surface area contributed by atoms with Gasteiger partial charge in [-0.25, -0.2) is 4.39 Å². The maximum atomic E-state index is 13.9. The molecule has 0 bridgehead atoms. The van der Waals surface area contributed by atoms with Gasteiger partial charge in [-0.1, -0.05) is 24.3 Å². The van der Waals surface area contributed by atoms with Crippen molar-refractivity contribution in [3.63, 3.8) is 0 Å². The van der Waals surface area contributed by atoms with Gasteiger partial charge in [0.15, 0.2) is 0 Å². The van der Waals surface area contributed by atoms with Gasteiger partial charge in [0, 0.05) is 23.5 Å². The number of fused-ring (bicyclic) bond motifs is 1. The van der Waals surface area contributed by atoms with Crippen LogP contribution in [-0.2, 0) is 6.42 Å². The van der Waals surface area contributed by atoms with Crippen LogP contribution < -0.4 is 4.90 Å². The first kappa shape index (κ1) is 12.2. The molecule has 1 atom stereocenters. The Morgan fingerprint density at radius 1 is 1.11 bits per heavy atom. The second-order valence-corrected chi connectivity index (χ2v) is 4.88. The summed E-state index contributed by atoms with van der Waals surface area (Å²) in [5.74, 6) is -0.350. The lowest BCUT2D eigenvalue weighted by molar-refractivity contribution is 0.194. The molecule has 2 aromatic rings. The minimum Gasteiger partial charge on any atom is -0.389 e. The lowest BCUT2D eigenvalue weighted by Crippen LogP contribution is -2.16. The molecule has 0 amide bonds. The van der Waals surface area contributed by atoms with Gasteiger partial charge in [0.25, 0.3) is 0 Å². The fraction of sp³-hybridized carbons (Fsp3) is 0.250. The Labute approximate surface area is 112 Å². The van der Waals surface area contributed by atoms with E-state index in [0.29, 0.717) is 5.56 Å². The number of hydrogen-bond acceptors (Lipinski definition) is 2. The van der Waals surface area contributed by atoms with E-state index in [4.69, 9.17) is 0 Å². The Hall–Kier alpha value is -1.87. The molecule has 0 aliphatic carbocycles. The number of anilines is 2. The summed E-state index contributed by atoms with van der Waals surface area (Å²) in [6.45, 7) is 2.42. The molecule has 98 valence electrons. The van der Waals surface area contributed by atoms with E-state index in [1.54, 1.807) is 13.0 Å². The highest BCUT2D eigenvalue weighted by Crippen LogP contribution is 2.38. The molecule has 0 fully saturated rings. The molecule has 0 spiro atoms. The number of para-hydroxylation sites is 1.